The largest absolute Gasteiger partial charge is 0.357 e. The van der Waals surface area contributed by atoms with Crippen molar-refractivity contribution in [2.45, 2.75) is 26.3 Å². The topological polar surface area (TPSA) is 83.3 Å². The minimum Gasteiger partial charge on any atom is -0.357 e. The first-order valence-electron chi connectivity index (χ1n) is 9.22. The molecule has 3 N–H and O–H groups in total. The van der Waals surface area contributed by atoms with Gasteiger partial charge >= 0.3 is 0 Å². The maximum atomic E-state index is 12.1. The third kappa shape index (κ3) is 8.25. The summed E-state index contributed by atoms with van der Waals surface area (Å²) in [6.45, 7) is 5.79. The molecule has 0 fully saturated rings. The zero-order valence-electron chi connectivity index (χ0n) is 15.6. The number of nitrogens with one attached hydrogen (secondary N) is 3. The van der Waals surface area contributed by atoms with Crippen molar-refractivity contribution < 1.29 is 4.79 Å². The van der Waals surface area contributed by atoms with Crippen molar-refractivity contribution >= 4 is 27.8 Å². The number of aliphatic imine (C=N–C) groups is 1. The minimum absolute atomic E-state index is 0.0597. The van der Waals surface area contributed by atoms with Crippen LogP contribution in [0.3, 0.4) is 0 Å². The summed E-state index contributed by atoms with van der Waals surface area (Å²) in [6.07, 6.45) is 5.48. The second-order valence-corrected chi connectivity index (χ2v) is 6.85. The second-order valence-electron chi connectivity index (χ2n) is 5.93. The van der Waals surface area contributed by atoms with E-state index in [-0.39, 0.29) is 5.91 Å². The van der Waals surface area contributed by atoms with Crippen LogP contribution in [0.1, 0.15) is 30.1 Å². The first-order valence-corrected chi connectivity index (χ1v) is 10.0. The van der Waals surface area contributed by atoms with Crippen molar-refractivity contribution in [2.75, 3.05) is 26.2 Å². The Morgan fingerprint density at radius 2 is 2.04 bits per heavy atom. The van der Waals surface area contributed by atoms with E-state index >= 15 is 0 Å². The van der Waals surface area contributed by atoms with Crippen molar-refractivity contribution in [3.63, 3.8) is 0 Å². The molecule has 0 aliphatic rings. The van der Waals surface area contributed by atoms with E-state index in [1.54, 1.807) is 12.3 Å². The van der Waals surface area contributed by atoms with Gasteiger partial charge in [0.2, 0.25) is 0 Å². The van der Waals surface area contributed by atoms with Gasteiger partial charge in [0, 0.05) is 55.2 Å². The van der Waals surface area contributed by atoms with Crippen LogP contribution < -0.4 is 16.0 Å². The van der Waals surface area contributed by atoms with Crippen molar-refractivity contribution in [1.82, 2.24) is 25.7 Å². The number of aromatic nitrogens is 2. The third-order valence-corrected chi connectivity index (χ3v) is 4.23. The van der Waals surface area contributed by atoms with Crippen LogP contribution in [0.2, 0.25) is 0 Å². The molecule has 7 nitrogen and oxygen atoms in total. The van der Waals surface area contributed by atoms with Crippen molar-refractivity contribution in [1.29, 1.82) is 0 Å². The van der Waals surface area contributed by atoms with Crippen LogP contribution >= 0.6 is 15.9 Å². The molecule has 0 unspecified atom stereocenters. The third-order valence-electron chi connectivity index (χ3n) is 3.74. The number of guanidine groups is 1. The fraction of sp³-hybridized carbons (Fsp3) is 0.421. The van der Waals surface area contributed by atoms with Crippen LogP contribution in [0, 0.1) is 0 Å². The van der Waals surface area contributed by atoms with E-state index in [1.165, 1.54) is 0 Å². The van der Waals surface area contributed by atoms with Gasteiger partial charge in [-0.2, -0.15) is 5.10 Å². The van der Waals surface area contributed by atoms with Crippen LogP contribution in [-0.2, 0) is 6.54 Å². The van der Waals surface area contributed by atoms with Gasteiger partial charge in [0.05, 0.1) is 0 Å². The van der Waals surface area contributed by atoms with Crippen LogP contribution in [0.25, 0.3) is 0 Å². The molecule has 0 aliphatic heterocycles. The van der Waals surface area contributed by atoms with Gasteiger partial charge in [-0.1, -0.05) is 22.0 Å². The lowest BCUT2D eigenvalue weighted by molar-refractivity contribution is 0.0953. The van der Waals surface area contributed by atoms with Gasteiger partial charge in [-0.15, -0.1) is 0 Å². The van der Waals surface area contributed by atoms with Crippen LogP contribution in [-0.4, -0.2) is 47.8 Å². The Morgan fingerprint density at radius 3 is 2.78 bits per heavy atom. The summed E-state index contributed by atoms with van der Waals surface area (Å²) in [5, 5.41) is 13.6. The maximum Gasteiger partial charge on any atom is 0.251 e. The van der Waals surface area contributed by atoms with E-state index < -0.39 is 0 Å². The maximum absolute atomic E-state index is 12.1. The van der Waals surface area contributed by atoms with E-state index in [0.717, 1.165) is 49.5 Å². The molecule has 146 valence electrons. The Balaban J connectivity index is 1.63. The van der Waals surface area contributed by atoms with Crippen LogP contribution in [0.15, 0.2) is 52.2 Å². The van der Waals surface area contributed by atoms with Gasteiger partial charge in [0.1, 0.15) is 0 Å². The molecule has 2 rings (SSSR count). The number of amides is 1. The van der Waals surface area contributed by atoms with Gasteiger partial charge in [-0.05, 0) is 44.0 Å². The number of benzene rings is 1. The number of nitrogens with zero attached hydrogens (tertiary/aromatic N) is 3. The Kier molecular flexibility index (Phi) is 9.40. The molecule has 2 aromatic rings. The van der Waals surface area contributed by atoms with E-state index in [4.69, 9.17) is 0 Å². The Hall–Kier alpha value is -2.35. The molecule has 1 aromatic heterocycles. The highest BCUT2D eigenvalue weighted by Gasteiger charge is 2.04. The molecule has 0 spiro atoms. The first kappa shape index (κ1) is 21.0. The van der Waals surface area contributed by atoms with Crippen LogP contribution in [0.4, 0.5) is 0 Å². The number of hydrogen-bond donors (Lipinski definition) is 3. The van der Waals surface area contributed by atoms with Gasteiger partial charge in [0.25, 0.3) is 5.91 Å². The second kappa shape index (κ2) is 12.1. The first-order chi connectivity index (χ1) is 13.2. The molecule has 0 radical (unpaired) electrons. The summed E-state index contributed by atoms with van der Waals surface area (Å²) < 4.78 is 2.81. The highest BCUT2D eigenvalue weighted by atomic mass is 79.9. The summed E-state index contributed by atoms with van der Waals surface area (Å²) in [7, 11) is 0. The SMILES string of the molecule is CCNC(=NCCCn1cccn1)NCCCNC(=O)c1cccc(Br)c1. The smallest absolute Gasteiger partial charge is 0.251 e. The van der Waals surface area contributed by atoms with Crippen molar-refractivity contribution in [2.24, 2.45) is 4.99 Å². The lowest BCUT2D eigenvalue weighted by Gasteiger charge is -2.11. The summed E-state index contributed by atoms with van der Waals surface area (Å²) >= 11 is 3.38. The molecule has 8 heteroatoms. The lowest BCUT2D eigenvalue weighted by Crippen LogP contribution is -2.39. The molecule has 1 amide bonds. The van der Waals surface area contributed by atoms with Gasteiger partial charge < -0.3 is 16.0 Å². The molecule has 0 bridgehead atoms. The number of hydrogen-bond acceptors (Lipinski definition) is 3. The molecule has 0 aliphatic carbocycles. The number of rotatable bonds is 10. The summed E-state index contributed by atoms with van der Waals surface area (Å²) in [5.74, 6) is 0.742. The molecule has 27 heavy (non-hydrogen) atoms. The van der Waals surface area contributed by atoms with Gasteiger partial charge in [-0.3, -0.25) is 14.5 Å². The number of aryl methyl sites for hydroxylation is 1. The normalized spacial score (nSPS) is 11.3. The zero-order chi connectivity index (χ0) is 19.3. The number of carbonyl (C=O) groups is 1. The van der Waals surface area contributed by atoms with E-state index in [0.29, 0.717) is 12.1 Å². The van der Waals surface area contributed by atoms with Gasteiger partial charge in [-0.25, -0.2) is 0 Å². The summed E-state index contributed by atoms with van der Waals surface area (Å²) in [5.41, 5.74) is 0.657. The molecule has 0 atom stereocenters. The fourth-order valence-corrected chi connectivity index (χ4v) is 2.83. The van der Waals surface area contributed by atoms with Crippen molar-refractivity contribution in [3.8, 4) is 0 Å². The molecular formula is C19H27BrN6O. The average Bonchev–Trinajstić information content (AvgIpc) is 3.18. The Labute approximate surface area is 168 Å². The Morgan fingerprint density at radius 1 is 1.19 bits per heavy atom. The van der Waals surface area contributed by atoms with E-state index in [2.05, 4.69) is 42.0 Å². The summed E-state index contributed by atoms with van der Waals surface area (Å²) in [4.78, 5) is 16.6. The number of halogens is 1. The standard InChI is InChI=1S/C19H27BrN6O/c1-2-21-19(24-11-5-13-26-14-6-12-25-26)23-10-4-9-22-18(27)16-7-3-8-17(20)15-16/h3,6-8,12,14-15H,2,4-5,9-11,13H2,1H3,(H,22,27)(H2,21,23,24). The number of carbonyl (C=O) groups excluding carboxylic acids is 1. The van der Waals surface area contributed by atoms with E-state index in [1.807, 2.05) is 42.1 Å². The van der Waals surface area contributed by atoms with Crippen molar-refractivity contribution in [3.05, 3.63) is 52.8 Å². The zero-order valence-corrected chi connectivity index (χ0v) is 17.2. The fourth-order valence-electron chi connectivity index (χ4n) is 2.43. The Bertz CT molecular complexity index is 717. The quantitative estimate of drug-likeness (QED) is 0.304. The van der Waals surface area contributed by atoms with E-state index in [9.17, 15) is 4.79 Å². The molecule has 1 aromatic carbocycles. The lowest BCUT2D eigenvalue weighted by atomic mass is 10.2. The predicted molar refractivity (Wildman–Crippen MR) is 112 cm³/mol. The summed E-state index contributed by atoms with van der Waals surface area (Å²) in [6, 6.07) is 9.29. The van der Waals surface area contributed by atoms with Crippen LogP contribution in [0.5, 0.6) is 0 Å². The minimum atomic E-state index is -0.0597. The highest BCUT2D eigenvalue weighted by molar-refractivity contribution is 9.10. The highest BCUT2D eigenvalue weighted by Crippen LogP contribution is 2.11. The van der Waals surface area contributed by atoms with Gasteiger partial charge in [0.15, 0.2) is 5.96 Å². The molecular weight excluding hydrogens is 408 g/mol. The molecule has 0 saturated carbocycles. The average molecular weight is 435 g/mol. The predicted octanol–water partition coefficient (Wildman–Crippen LogP) is 2.41. The molecule has 0 saturated heterocycles. The molecule has 1 heterocycles. The monoisotopic (exact) mass is 434 g/mol.